The first-order chi connectivity index (χ1) is 7.00. The van der Waals surface area contributed by atoms with Crippen molar-refractivity contribution in [3.63, 3.8) is 0 Å². The zero-order valence-electron chi connectivity index (χ0n) is 10.3. The lowest BCUT2D eigenvalue weighted by molar-refractivity contribution is 0.195. The Hall–Kier alpha value is -0.343. The lowest BCUT2D eigenvalue weighted by Crippen LogP contribution is -2.29. The third-order valence-corrected chi connectivity index (χ3v) is 6.58. The summed E-state index contributed by atoms with van der Waals surface area (Å²) in [5.41, 5.74) is 4.04. The van der Waals surface area contributed by atoms with Crippen molar-refractivity contribution in [2.45, 2.75) is 38.5 Å². The van der Waals surface area contributed by atoms with Gasteiger partial charge in [0.25, 0.3) is 0 Å². The molecule has 0 unspecified atom stereocenters. The second-order valence-corrected chi connectivity index (χ2v) is 11.3. The van der Waals surface area contributed by atoms with Gasteiger partial charge in [0.15, 0.2) is 0 Å². The van der Waals surface area contributed by atoms with Gasteiger partial charge in [0.2, 0.25) is 0 Å². The third kappa shape index (κ3) is 2.11. The van der Waals surface area contributed by atoms with Gasteiger partial charge >= 0.3 is 0 Å². The van der Waals surface area contributed by atoms with Gasteiger partial charge < -0.3 is 4.74 Å². The van der Waals surface area contributed by atoms with Crippen molar-refractivity contribution < 1.29 is 4.74 Å². The number of hydrogen-bond donors (Lipinski definition) is 0. The van der Waals surface area contributed by atoms with Crippen molar-refractivity contribution in [1.82, 2.24) is 0 Å². The van der Waals surface area contributed by atoms with E-state index in [9.17, 15) is 0 Å². The lowest BCUT2D eigenvalue weighted by atomic mass is 9.98. The maximum absolute atomic E-state index is 5.58. The van der Waals surface area contributed by atoms with E-state index in [0.29, 0.717) is 5.92 Å². The van der Waals surface area contributed by atoms with E-state index < -0.39 is 8.07 Å². The molecule has 84 valence electrons. The van der Waals surface area contributed by atoms with Crippen LogP contribution in [0.5, 0.6) is 0 Å². The Kier molecular flexibility index (Phi) is 2.91. The highest BCUT2D eigenvalue weighted by Gasteiger charge is 2.33. The Morgan fingerprint density at radius 3 is 2.73 bits per heavy atom. The molecule has 2 atom stereocenters. The van der Waals surface area contributed by atoms with Crippen LogP contribution in [-0.2, 0) is 4.74 Å². The molecular formula is C13H22OSi. The molecule has 0 spiro atoms. The molecule has 0 aromatic heterocycles. The summed E-state index contributed by atoms with van der Waals surface area (Å²) in [7, 11) is -1.08. The van der Waals surface area contributed by atoms with Crippen molar-refractivity contribution in [3.8, 4) is 0 Å². The maximum atomic E-state index is 5.58. The third-order valence-electron chi connectivity index (χ3n) is 3.82. The van der Waals surface area contributed by atoms with E-state index in [1.54, 1.807) is 11.1 Å². The van der Waals surface area contributed by atoms with Gasteiger partial charge in [-0.15, -0.1) is 0 Å². The molecule has 1 aliphatic heterocycles. The van der Waals surface area contributed by atoms with Crippen molar-refractivity contribution in [2.24, 2.45) is 5.92 Å². The van der Waals surface area contributed by atoms with Crippen LogP contribution in [0.4, 0.5) is 0 Å². The van der Waals surface area contributed by atoms with Crippen LogP contribution in [0.1, 0.15) is 13.3 Å². The standard InChI is InChI=1S/C13H22OSi/c1-10-12-9-14-8-11(12)6-5-7-13(10)15(2,3)4/h5-6,11,13H,7-9H2,1-4H3/t11-,13-/m0/s1. The minimum absolute atomic E-state index is 0.589. The van der Waals surface area contributed by atoms with Crippen molar-refractivity contribution >= 4 is 8.07 Å². The molecule has 2 rings (SSSR count). The molecule has 0 aromatic rings. The van der Waals surface area contributed by atoms with E-state index in [1.165, 1.54) is 6.42 Å². The second-order valence-electron chi connectivity index (χ2n) is 5.91. The van der Waals surface area contributed by atoms with Gasteiger partial charge in [-0.25, -0.2) is 0 Å². The Bertz CT molecular complexity index is 309. The monoisotopic (exact) mass is 222 g/mol. The minimum atomic E-state index is -1.08. The van der Waals surface area contributed by atoms with Gasteiger partial charge in [0.05, 0.1) is 21.3 Å². The maximum Gasteiger partial charge on any atom is 0.0686 e. The summed E-state index contributed by atoms with van der Waals surface area (Å²) in [5.74, 6) is 0.589. The Balaban J connectivity index is 2.36. The molecule has 0 bridgehead atoms. The molecule has 0 N–H and O–H groups in total. The largest absolute Gasteiger partial charge is 0.376 e. The first-order valence-corrected chi connectivity index (χ1v) is 9.52. The summed E-state index contributed by atoms with van der Waals surface area (Å²) < 4.78 is 5.58. The van der Waals surface area contributed by atoms with Gasteiger partial charge in [0, 0.05) is 5.92 Å². The van der Waals surface area contributed by atoms with Crippen LogP contribution in [0.3, 0.4) is 0 Å². The van der Waals surface area contributed by atoms with Crippen LogP contribution < -0.4 is 0 Å². The van der Waals surface area contributed by atoms with Crippen molar-refractivity contribution in [2.75, 3.05) is 13.2 Å². The van der Waals surface area contributed by atoms with E-state index in [0.717, 1.165) is 18.8 Å². The zero-order chi connectivity index (χ0) is 11.1. The van der Waals surface area contributed by atoms with Crippen LogP contribution in [0.25, 0.3) is 0 Å². The Morgan fingerprint density at radius 1 is 1.33 bits per heavy atom. The van der Waals surface area contributed by atoms with E-state index in [1.807, 2.05) is 0 Å². The Labute approximate surface area is 94.2 Å². The molecule has 0 saturated carbocycles. The topological polar surface area (TPSA) is 9.23 Å². The second kappa shape index (κ2) is 3.91. The molecule has 1 saturated heterocycles. The molecule has 2 heteroatoms. The fourth-order valence-corrected chi connectivity index (χ4v) is 5.19. The molecule has 1 aliphatic carbocycles. The van der Waals surface area contributed by atoms with Crippen LogP contribution in [0.2, 0.25) is 25.2 Å². The number of hydrogen-bond acceptors (Lipinski definition) is 1. The summed E-state index contributed by atoms with van der Waals surface area (Å²) in [5, 5.41) is 0. The van der Waals surface area contributed by atoms with Gasteiger partial charge in [-0.3, -0.25) is 0 Å². The molecule has 1 fully saturated rings. The van der Waals surface area contributed by atoms with Gasteiger partial charge in [-0.1, -0.05) is 37.4 Å². The molecule has 1 nitrogen and oxygen atoms in total. The normalized spacial score (nSPS) is 31.7. The van der Waals surface area contributed by atoms with Crippen molar-refractivity contribution in [3.05, 3.63) is 23.3 Å². The number of allylic oxidation sites excluding steroid dienone is 2. The molecule has 1 heterocycles. The molecule has 0 radical (unpaired) electrons. The summed E-state index contributed by atoms with van der Waals surface area (Å²) in [6, 6.07) is 0. The highest BCUT2D eigenvalue weighted by molar-refractivity contribution is 6.78. The summed E-state index contributed by atoms with van der Waals surface area (Å²) >= 11 is 0. The fraction of sp³-hybridized carbons (Fsp3) is 0.692. The Morgan fingerprint density at radius 2 is 2.07 bits per heavy atom. The predicted octanol–water partition coefficient (Wildman–Crippen LogP) is 3.62. The zero-order valence-corrected chi connectivity index (χ0v) is 11.3. The highest BCUT2D eigenvalue weighted by Crippen LogP contribution is 2.40. The smallest absolute Gasteiger partial charge is 0.0686 e. The van der Waals surface area contributed by atoms with Gasteiger partial charge in [-0.2, -0.15) is 0 Å². The van der Waals surface area contributed by atoms with Crippen LogP contribution in [0.15, 0.2) is 23.3 Å². The van der Waals surface area contributed by atoms with E-state index in [-0.39, 0.29) is 0 Å². The van der Waals surface area contributed by atoms with Crippen LogP contribution in [0, 0.1) is 5.92 Å². The predicted molar refractivity (Wildman–Crippen MR) is 67.9 cm³/mol. The first kappa shape index (κ1) is 11.2. The summed E-state index contributed by atoms with van der Waals surface area (Å²) in [6.07, 6.45) is 6.01. The SMILES string of the molecule is CC1=C2COC[C@@H]2C=CC[C@@H]1[Si](C)(C)C. The number of fused-ring (bicyclic) bond motifs is 1. The van der Waals surface area contributed by atoms with Crippen LogP contribution >= 0.6 is 0 Å². The number of ether oxygens (including phenoxy) is 1. The van der Waals surface area contributed by atoms with E-state index in [4.69, 9.17) is 4.74 Å². The van der Waals surface area contributed by atoms with E-state index >= 15 is 0 Å². The summed E-state index contributed by atoms with van der Waals surface area (Å²) in [4.78, 5) is 0. The first-order valence-electron chi connectivity index (χ1n) is 5.94. The van der Waals surface area contributed by atoms with Gasteiger partial charge in [0.1, 0.15) is 0 Å². The van der Waals surface area contributed by atoms with E-state index in [2.05, 4.69) is 38.7 Å². The highest BCUT2D eigenvalue weighted by atomic mass is 28.3. The molecule has 0 amide bonds. The summed E-state index contributed by atoms with van der Waals surface area (Å²) in [6.45, 7) is 11.6. The van der Waals surface area contributed by atoms with Gasteiger partial charge in [-0.05, 0) is 24.5 Å². The number of rotatable bonds is 1. The lowest BCUT2D eigenvalue weighted by Gasteiger charge is -2.29. The quantitative estimate of drug-likeness (QED) is 0.486. The molecule has 0 aromatic carbocycles. The molecule has 15 heavy (non-hydrogen) atoms. The van der Waals surface area contributed by atoms with Crippen molar-refractivity contribution in [1.29, 1.82) is 0 Å². The average Bonchev–Trinajstić information content (AvgIpc) is 2.52. The fourth-order valence-electron chi connectivity index (χ4n) is 2.86. The molecule has 2 aliphatic rings. The molecular weight excluding hydrogens is 200 g/mol. The van der Waals surface area contributed by atoms with Crippen LogP contribution in [-0.4, -0.2) is 21.3 Å². The minimum Gasteiger partial charge on any atom is -0.376 e. The average molecular weight is 222 g/mol.